The first-order valence-corrected chi connectivity index (χ1v) is 9.31. The van der Waals surface area contributed by atoms with Crippen molar-refractivity contribution in [2.24, 2.45) is 5.92 Å². The van der Waals surface area contributed by atoms with E-state index in [9.17, 15) is 4.79 Å². The minimum atomic E-state index is -1.16. The van der Waals surface area contributed by atoms with E-state index in [0.29, 0.717) is 6.61 Å². The zero-order valence-corrected chi connectivity index (χ0v) is 11.4. The SMILES string of the molecule is CCOC(=O)C1CCN([Si](C)(C)C)CC1. The zero-order valence-electron chi connectivity index (χ0n) is 10.4. The molecule has 1 aliphatic heterocycles. The van der Waals surface area contributed by atoms with Gasteiger partial charge in [-0.05, 0) is 32.9 Å². The van der Waals surface area contributed by atoms with Crippen molar-refractivity contribution in [1.29, 1.82) is 0 Å². The standard InChI is InChI=1S/C11H23NO2Si/c1-5-14-11(13)10-6-8-12(9-7-10)15(2,3)4/h10H,5-9H2,1-4H3. The number of esters is 1. The number of nitrogens with zero attached hydrogens (tertiary/aromatic N) is 1. The van der Waals surface area contributed by atoms with E-state index < -0.39 is 8.24 Å². The molecule has 0 atom stereocenters. The maximum Gasteiger partial charge on any atom is 0.309 e. The Bertz CT molecular complexity index is 217. The Hall–Kier alpha value is -0.353. The lowest BCUT2D eigenvalue weighted by Gasteiger charge is -2.39. The summed E-state index contributed by atoms with van der Waals surface area (Å²) in [7, 11) is -1.16. The van der Waals surface area contributed by atoms with Gasteiger partial charge in [-0.25, -0.2) is 0 Å². The second-order valence-corrected chi connectivity index (χ2v) is 10.2. The third kappa shape index (κ3) is 3.61. The van der Waals surface area contributed by atoms with Gasteiger partial charge in [0, 0.05) is 0 Å². The summed E-state index contributed by atoms with van der Waals surface area (Å²) in [6.07, 6.45) is 1.95. The molecule has 0 aliphatic carbocycles. The van der Waals surface area contributed by atoms with Crippen molar-refractivity contribution in [1.82, 2.24) is 4.57 Å². The van der Waals surface area contributed by atoms with Gasteiger partial charge in [-0.15, -0.1) is 0 Å². The fourth-order valence-electron chi connectivity index (χ4n) is 2.05. The quantitative estimate of drug-likeness (QED) is 0.548. The molecule has 1 aliphatic rings. The molecule has 0 N–H and O–H groups in total. The fourth-order valence-corrected chi connectivity index (χ4v) is 3.65. The van der Waals surface area contributed by atoms with E-state index in [4.69, 9.17) is 4.74 Å². The average molecular weight is 229 g/mol. The monoisotopic (exact) mass is 229 g/mol. The molecular formula is C11H23NO2Si. The molecule has 0 bridgehead atoms. The molecule has 0 radical (unpaired) electrons. The molecule has 88 valence electrons. The lowest BCUT2D eigenvalue weighted by molar-refractivity contribution is -0.149. The maximum atomic E-state index is 11.5. The van der Waals surface area contributed by atoms with Gasteiger partial charge < -0.3 is 9.30 Å². The van der Waals surface area contributed by atoms with Crippen LogP contribution < -0.4 is 0 Å². The van der Waals surface area contributed by atoms with Gasteiger partial charge in [-0.3, -0.25) is 4.79 Å². The van der Waals surface area contributed by atoms with Crippen LogP contribution in [0.5, 0.6) is 0 Å². The predicted molar refractivity (Wildman–Crippen MR) is 64.3 cm³/mol. The predicted octanol–water partition coefficient (Wildman–Crippen LogP) is 2.10. The van der Waals surface area contributed by atoms with E-state index in [1.54, 1.807) is 0 Å². The lowest BCUT2D eigenvalue weighted by atomic mass is 9.98. The summed E-state index contributed by atoms with van der Waals surface area (Å²) in [5.74, 6) is 0.158. The van der Waals surface area contributed by atoms with Crippen LogP contribution in [0.4, 0.5) is 0 Å². The molecule has 1 heterocycles. The molecule has 4 heteroatoms. The van der Waals surface area contributed by atoms with Gasteiger partial charge in [0.25, 0.3) is 0 Å². The molecule has 0 aromatic carbocycles. The van der Waals surface area contributed by atoms with Gasteiger partial charge in [-0.1, -0.05) is 19.6 Å². The van der Waals surface area contributed by atoms with Crippen LogP contribution in [0, 0.1) is 5.92 Å². The van der Waals surface area contributed by atoms with E-state index in [2.05, 4.69) is 24.2 Å². The van der Waals surface area contributed by atoms with Crippen molar-refractivity contribution in [3.63, 3.8) is 0 Å². The maximum absolute atomic E-state index is 11.5. The Morgan fingerprint density at radius 3 is 2.27 bits per heavy atom. The highest BCUT2D eigenvalue weighted by molar-refractivity contribution is 6.73. The second-order valence-electron chi connectivity index (χ2n) is 5.18. The van der Waals surface area contributed by atoms with Crippen molar-refractivity contribution in [3.8, 4) is 0 Å². The molecule has 15 heavy (non-hydrogen) atoms. The van der Waals surface area contributed by atoms with Crippen molar-refractivity contribution in [2.75, 3.05) is 19.7 Å². The summed E-state index contributed by atoms with van der Waals surface area (Å²) < 4.78 is 7.63. The molecule has 0 unspecified atom stereocenters. The van der Waals surface area contributed by atoms with Crippen molar-refractivity contribution >= 4 is 14.2 Å². The van der Waals surface area contributed by atoms with Gasteiger partial charge in [0.05, 0.1) is 12.5 Å². The Balaban J connectivity index is 2.39. The van der Waals surface area contributed by atoms with Crippen LogP contribution in [0.3, 0.4) is 0 Å². The summed E-state index contributed by atoms with van der Waals surface area (Å²) >= 11 is 0. The molecule has 1 saturated heterocycles. The molecule has 1 fully saturated rings. The normalized spacial score (nSPS) is 20.3. The number of ether oxygens (including phenoxy) is 1. The zero-order chi connectivity index (χ0) is 11.5. The van der Waals surface area contributed by atoms with Crippen LogP contribution in [-0.4, -0.2) is 38.5 Å². The Labute approximate surface area is 93.9 Å². The first-order chi connectivity index (χ1) is 6.95. The van der Waals surface area contributed by atoms with Gasteiger partial charge in [0.2, 0.25) is 0 Å². The van der Waals surface area contributed by atoms with Crippen LogP contribution in [0.25, 0.3) is 0 Å². The summed E-state index contributed by atoms with van der Waals surface area (Å²) in [5.41, 5.74) is 0. The summed E-state index contributed by atoms with van der Waals surface area (Å²) in [6, 6.07) is 0. The van der Waals surface area contributed by atoms with Crippen molar-refractivity contribution in [2.45, 2.75) is 39.4 Å². The van der Waals surface area contributed by atoms with E-state index in [0.717, 1.165) is 25.9 Å². The third-order valence-electron chi connectivity index (χ3n) is 3.06. The highest BCUT2D eigenvalue weighted by Gasteiger charge is 2.31. The Morgan fingerprint density at radius 2 is 1.87 bits per heavy atom. The molecule has 3 nitrogen and oxygen atoms in total. The molecule has 0 amide bonds. The molecule has 0 spiro atoms. The minimum absolute atomic E-state index is 0.00715. The van der Waals surface area contributed by atoms with Crippen LogP contribution in [0.1, 0.15) is 19.8 Å². The first-order valence-electron chi connectivity index (χ1n) is 5.87. The number of rotatable bonds is 3. The highest BCUT2D eigenvalue weighted by Crippen LogP contribution is 2.22. The lowest BCUT2D eigenvalue weighted by Crippen LogP contribution is -2.50. The van der Waals surface area contributed by atoms with E-state index in [1.165, 1.54) is 0 Å². The number of carbonyl (C=O) groups excluding carboxylic acids is 1. The second kappa shape index (κ2) is 5.12. The number of piperidine rings is 1. The number of hydrogen-bond donors (Lipinski definition) is 0. The average Bonchev–Trinajstić information content (AvgIpc) is 2.17. The molecule has 0 aromatic rings. The molecule has 0 aromatic heterocycles. The fraction of sp³-hybridized carbons (Fsp3) is 0.909. The van der Waals surface area contributed by atoms with Gasteiger partial charge >= 0.3 is 5.97 Å². The molecular weight excluding hydrogens is 206 g/mol. The van der Waals surface area contributed by atoms with Gasteiger partial charge in [-0.2, -0.15) is 0 Å². The van der Waals surface area contributed by atoms with Gasteiger partial charge in [0.15, 0.2) is 0 Å². The van der Waals surface area contributed by atoms with Crippen LogP contribution in [0.15, 0.2) is 0 Å². The summed E-state index contributed by atoms with van der Waals surface area (Å²) in [5, 5.41) is 0. The van der Waals surface area contributed by atoms with Crippen molar-refractivity contribution < 1.29 is 9.53 Å². The molecule has 1 rings (SSSR count). The smallest absolute Gasteiger partial charge is 0.309 e. The van der Waals surface area contributed by atoms with E-state index in [1.807, 2.05) is 6.92 Å². The van der Waals surface area contributed by atoms with Crippen LogP contribution >= 0.6 is 0 Å². The molecule has 0 saturated carbocycles. The number of carbonyl (C=O) groups is 1. The van der Waals surface area contributed by atoms with Gasteiger partial charge in [0.1, 0.15) is 8.24 Å². The summed E-state index contributed by atoms with van der Waals surface area (Å²) in [6.45, 7) is 11.6. The summed E-state index contributed by atoms with van der Waals surface area (Å²) in [4.78, 5) is 11.5. The first kappa shape index (κ1) is 12.7. The highest BCUT2D eigenvalue weighted by atomic mass is 28.3. The largest absolute Gasteiger partial charge is 0.466 e. The van der Waals surface area contributed by atoms with Crippen LogP contribution in [-0.2, 0) is 9.53 Å². The third-order valence-corrected chi connectivity index (χ3v) is 5.41. The van der Waals surface area contributed by atoms with E-state index in [-0.39, 0.29) is 11.9 Å². The Kier molecular flexibility index (Phi) is 4.34. The number of hydrogen-bond acceptors (Lipinski definition) is 3. The van der Waals surface area contributed by atoms with Crippen LogP contribution in [0.2, 0.25) is 19.6 Å². The van der Waals surface area contributed by atoms with Crippen molar-refractivity contribution in [3.05, 3.63) is 0 Å². The minimum Gasteiger partial charge on any atom is -0.466 e. The topological polar surface area (TPSA) is 29.5 Å². The van der Waals surface area contributed by atoms with E-state index >= 15 is 0 Å². The Morgan fingerprint density at radius 1 is 1.33 bits per heavy atom.